The average Bonchev–Trinajstić information content (AvgIpc) is 3.90. The summed E-state index contributed by atoms with van der Waals surface area (Å²) >= 11 is 1.60. The molecule has 2 fully saturated rings. The van der Waals surface area contributed by atoms with Crippen LogP contribution in [0.15, 0.2) is 52.5 Å². The Labute approximate surface area is 368 Å². The SMILES string of the molecule is CC(=O)c1c(C)c2cnc(Nc3ccc(N4CCN(CCNCCOCCOCCNc5cccc(C(=O)NC6=NC(C)C(C)S6)c5C)CC4)cn3)nc2n(C2CCCC2)c1=O. The van der Waals surface area contributed by atoms with E-state index in [1.807, 2.05) is 37.4 Å². The predicted octanol–water partition coefficient (Wildman–Crippen LogP) is 5.33. The first-order chi connectivity index (χ1) is 30.1. The van der Waals surface area contributed by atoms with E-state index < -0.39 is 0 Å². The van der Waals surface area contributed by atoms with Crippen molar-refractivity contribution < 1.29 is 19.1 Å². The van der Waals surface area contributed by atoms with Crippen molar-refractivity contribution in [1.82, 2.24) is 35.1 Å². The number of aromatic nitrogens is 4. The van der Waals surface area contributed by atoms with Gasteiger partial charge in [0.1, 0.15) is 11.5 Å². The number of aliphatic imine (C=N–C) groups is 1. The molecule has 4 N–H and O–H groups in total. The van der Waals surface area contributed by atoms with Gasteiger partial charge in [-0.1, -0.05) is 37.6 Å². The van der Waals surface area contributed by atoms with E-state index in [4.69, 9.17) is 14.5 Å². The number of anilines is 4. The standard InChI is InChI=1S/C45H61N11O5S/c1-29-36(42(58)53-45-50-31(3)33(5)62-45)11-8-12-38(29)47-17-24-61-26-25-60-23-16-46-15-18-54-19-21-55(22-20-54)35-13-14-39(48-27-35)51-44-49-28-37-30(2)40(32(4)57)43(59)56(41(37)52-44)34-9-6-7-10-34/h8,11-14,27-28,31,33-34,46-47H,6-7,9-10,15-26H2,1-5H3,(H,50,53,58)(H,48,49,51,52). The van der Waals surface area contributed by atoms with Crippen molar-refractivity contribution in [2.24, 2.45) is 4.99 Å². The van der Waals surface area contributed by atoms with Gasteiger partial charge in [0.2, 0.25) is 5.95 Å². The molecule has 1 saturated carbocycles. The molecule has 0 radical (unpaired) electrons. The van der Waals surface area contributed by atoms with E-state index in [2.05, 4.69) is 65.9 Å². The van der Waals surface area contributed by atoms with Crippen LogP contribution in [0, 0.1) is 13.8 Å². The Hall–Kier alpha value is -4.94. The Balaban J connectivity index is 0.749. The van der Waals surface area contributed by atoms with Crippen molar-refractivity contribution in [3.8, 4) is 0 Å². The van der Waals surface area contributed by atoms with E-state index in [1.165, 1.54) is 6.92 Å². The molecule has 5 heterocycles. The molecule has 2 atom stereocenters. The van der Waals surface area contributed by atoms with Crippen molar-refractivity contribution in [1.29, 1.82) is 0 Å². The van der Waals surface area contributed by atoms with Crippen molar-refractivity contribution in [3.05, 3.63) is 75.3 Å². The number of aryl methyl sites for hydroxylation is 1. The van der Waals surface area contributed by atoms with Gasteiger partial charge in [0.25, 0.3) is 11.5 Å². The number of nitrogens with one attached hydrogen (secondary N) is 4. The lowest BCUT2D eigenvalue weighted by Gasteiger charge is -2.36. The molecule has 2 aliphatic heterocycles. The number of amidine groups is 1. The molecule has 1 saturated heterocycles. The second kappa shape index (κ2) is 21.4. The summed E-state index contributed by atoms with van der Waals surface area (Å²) in [6.07, 6.45) is 7.46. The minimum atomic E-state index is -0.263. The number of piperazine rings is 1. The van der Waals surface area contributed by atoms with Gasteiger partial charge in [-0.05, 0) is 75.9 Å². The molecule has 1 amide bonds. The molecule has 1 aromatic carbocycles. The average molecular weight is 868 g/mol. The number of carbonyl (C=O) groups excluding carboxylic acids is 2. The molecule has 3 aliphatic rings. The zero-order chi connectivity index (χ0) is 43.6. The number of pyridine rings is 2. The van der Waals surface area contributed by atoms with Crippen molar-refractivity contribution in [2.75, 3.05) is 94.3 Å². The largest absolute Gasteiger partial charge is 0.382 e. The number of ether oxygens (including phenoxy) is 2. The van der Waals surface area contributed by atoms with Gasteiger partial charge in [-0.15, -0.1) is 0 Å². The van der Waals surface area contributed by atoms with Gasteiger partial charge in [0, 0.05) is 86.5 Å². The van der Waals surface area contributed by atoms with Gasteiger partial charge in [0.15, 0.2) is 11.0 Å². The van der Waals surface area contributed by atoms with Gasteiger partial charge in [0.05, 0.1) is 49.9 Å². The highest BCUT2D eigenvalue weighted by molar-refractivity contribution is 8.14. The van der Waals surface area contributed by atoms with Gasteiger partial charge in [-0.25, -0.2) is 9.97 Å². The number of fused-ring (bicyclic) bond motifs is 1. The van der Waals surface area contributed by atoms with Crippen LogP contribution in [0.2, 0.25) is 0 Å². The van der Waals surface area contributed by atoms with Crippen LogP contribution in [-0.2, 0) is 9.47 Å². The number of hydrogen-bond acceptors (Lipinski definition) is 15. The van der Waals surface area contributed by atoms with Crippen LogP contribution >= 0.6 is 11.8 Å². The molecule has 7 rings (SSSR count). The summed E-state index contributed by atoms with van der Waals surface area (Å²) in [5, 5.41) is 14.8. The fraction of sp³-hybridized carbons (Fsp3) is 0.533. The summed E-state index contributed by atoms with van der Waals surface area (Å²) < 4.78 is 13.2. The number of carbonyl (C=O) groups is 2. The molecule has 16 nitrogen and oxygen atoms in total. The second-order valence-corrected chi connectivity index (χ2v) is 17.7. The molecule has 332 valence electrons. The Bertz CT molecular complexity index is 2270. The third kappa shape index (κ3) is 11.2. The van der Waals surface area contributed by atoms with Crippen molar-refractivity contribution in [2.45, 2.75) is 77.6 Å². The number of rotatable bonds is 19. The first kappa shape index (κ1) is 45.1. The summed E-state index contributed by atoms with van der Waals surface area (Å²) in [6.45, 7) is 18.6. The summed E-state index contributed by atoms with van der Waals surface area (Å²) in [5.41, 5.74) is 4.65. The van der Waals surface area contributed by atoms with Crippen molar-refractivity contribution in [3.63, 3.8) is 0 Å². The summed E-state index contributed by atoms with van der Waals surface area (Å²) in [4.78, 5) is 62.3. The van der Waals surface area contributed by atoms with Crippen LogP contribution < -0.4 is 31.7 Å². The summed E-state index contributed by atoms with van der Waals surface area (Å²) in [6, 6.07) is 9.91. The molecule has 62 heavy (non-hydrogen) atoms. The Kier molecular flexibility index (Phi) is 15.6. The molecule has 4 aromatic rings. The second-order valence-electron chi connectivity index (χ2n) is 16.3. The molecule has 0 bridgehead atoms. The highest BCUT2D eigenvalue weighted by atomic mass is 32.2. The number of Topliss-reactive ketones (excluding diaryl/α,β-unsaturated/α-hetero) is 1. The van der Waals surface area contributed by atoms with Gasteiger partial charge in [-0.3, -0.25) is 28.8 Å². The molecular weight excluding hydrogens is 807 g/mol. The van der Waals surface area contributed by atoms with E-state index in [1.54, 1.807) is 29.4 Å². The first-order valence-electron chi connectivity index (χ1n) is 22.0. The van der Waals surface area contributed by atoms with Crippen LogP contribution in [0.1, 0.15) is 84.3 Å². The number of amides is 1. The Morgan fingerprint density at radius 3 is 2.34 bits per heavy atom. The number of thioether (sulfide) groups is 1. The molecule has 2 unspecified atom stereocenters. The maximum atomic E-state index is 13.6. The highest BCUT2D eigenvalue weighted by Gasteiger charge is 2.27. The van der Waals surface area contributed by atoms with Crippen LogP contribution in [0.25, 0.3) is 11.0 Å². The third-order valence-corrected chi connectivity index (χ3v) is 13.2. The lowest BCUT2D eigenvalue weighted by atomic mass is 10.0. The minimum Gasteiger partial charge on any atom is -0.382 e. The van der Waals surface area contributed by atoms with E-state index in [0.717, 1.165) is 93.8 Å². The van der Waals surface area contributed by atoms with E-state index >= 15 is 0 Å². The monoisotopic (exact) mass is 867 g/mol. The molecule has 1 aliphatic carbocycles. The minimum absolute atomic E-state index is 0.0219. The van der Waals surface area contributed by atoms with Gasteiger partial charge in [-0.2, -0.15) is 4.98 Å². The van der Waals surface area contributed by atoms with E-state index in [-0.39, 0.29) is 34.9 Å². The van der Waals surface area contributed by atoms with Crippen molar-refractivity contribution >= 4 is 62.8 Å². The number of ketones is 1. The summed E-state index contributed by atoms with van der Waals surface area (Å²) in [5.74, 6) is 0.603. The molecule has 0 spiro atoms. The Morgan fingerprint density at radius 2 is 1.65 bits per heavy atom. The molecule has 3 aromatic heterocycles. The predicted molar refractivity (Wildman–Crippen MR) is 248 cm³/mol. The zero-order valence-electron chi connectivity index (χ0n) is 36.7. The maximum Gasteiger partial charge on any atom is 0.263 e. The fourth-order valence-corrected chi connectivity index (χ4v) is 9.27. The first-order valence-corrected chi connectivity index (χ1v) is 22.8. The quantitative estimate of drug-likeness (QED) is 0.0702. The fourth-order valence-electron chi connectivity index (χ4n) is 8.28. The number of nitrogens with zero attached hydrogens (tertiary/aromatic N) is 7. The number of hydrogen-bond donors (Lipinski definition) is 4. The number of benzene rings is 1. The normalized spacial score (nSPS) is 18.3. The van der Waals surface area contributed by atoms with E-state index in [9.17, 15) is 14.4 Å². The topological polar surface area (TPSA) is 180 Å². The summed E-state index contributed by atoms with van der Waals surface area (Å²) in [7, 11) is 0. The van der Waals surface area contributed by atoms with Crippen LogP contribution in [0.4, 0.5) is 23.1 Å². The Morgan fingerprint density at radius 1 is 0.887 bits per heavy atom. The molecule has 17 heteroatoms. The third-order valence-electron chi connectivity index (χ3n) is 12.0. The van der Waals surface area contributed by atoms with Crippen LogP contribution in [0.5, 0.6) is 0 Å². The van der Waals surface area contributed by atoms with Crippen LogP contribution in [0.3, 0.4) is 0 Å². The lowest BCUT2D eigenvalue weighted by molar-refractivity contribution is 0.0526. The zero-order valence-corrected chi connectivity index (χ0v) is 37.5. The van der Waals surface area contributed by atoms with Gasteiger partial charge >= 0.3 is 0 Å². The maximum absolute atomic E-state index is 13.6. The van der Waals surface area contributed by atoms with Gasteiger partial charge < -0.3 is 35.6 Å². The highest BCUT2D eigenvalue weighted by Crippen LogP contribution is 2.32. The molecular formula is C45H61N11O5S. The van der Waals surface area contributed by atoms with E-state index in [0.29, 0.717) is 71.9 Å². The van der Waals surface area contributed by atoms with Crippen LogP contribution in [-0.4, -0.2) is 131 Å². The lowest BCUT2D eigenvalue weighted by Crippen LogP contribution is -2.48. The smallest absolute Gasteiger partial charge is 0.263 e.